The predicted molar refractivity (Wildman–Crippen MR) is 57.6 cm³/mol. The summed E-state index contributed by atoms with van der Waals surface area (Å²) in [7, 11) is 1.44. The molecule has 0 saturated heterocycles. The van der Waals surface area contributed by atoms with Crippen LogP contribution in [0.4, 0.5) is 0 Å². The number of esters is 1. The van der Waals surface area contributed by atoms with Crippen LogP contribution in [0.3, 0.4) is 0 Å². The molecule has 0 saturated carbocycles. The third-order valence-corrected chi connectivity index (χ3v) is 2.96. The molecule has 1 aliphatic rings. The second kappa shape index (κ2) is 4.03. The quantitative estimate of drug-likeness (QED) is 0.703. The second-order valence-corrected chi connectivity index (χ2v) is 3.85. The van der Waals surface area contributed by atoms with Crippen LogP contribution in [-0.2, 0) is 16.1 Å². The molecule has 0 bridgehead atoms. The van der Waals surface area contributed by atoms with Gasteiger partial charge in [-0.05, 0) is 23.6 Å². The minimum Gasteiger partial charge on any atom is -0.469 e. The summed E-state index contributed by atoms with van der Waals surface area (Å²) in [4.78, 5) is 11.6. The van der Waals surface area contributed by atoms with E-state index in [0.717, 1.165) is 12.1 Å². The van der Waals surface area contributed by atoms with Crippen LogP contribution in [0.15, 0.2) is 18.2 Å². The van der Waals surface area contributed by atoms with E-state index < -0.39 is 0 Å². The zero-order valence-electron chi connectivity index (χ0n) is 9.04. The van der Waals surface area contributed by atoms with Gasteiger partial charge in [-0.2, -0.15) is 0 Å². The van der Waals surface area contributed by atoms with Gasteiger partial charge in [0.05, 0.1) is 13.0 Å². The molecule has 80 valence electrons. The average Bonchev–Trinajstić information content (AvgIpc) is 2.28. The van der Waals surface area contributed by atoms with E-state index in [4.69, 9.17) is 4.74 Å². The Labute approximate surface area is 89.4 Å². The first kappa shape index (κ1) is 10.2. The Morgan fingerprint density at radius 3 is 3.07 bits per heavy atom. The van der Waals surface area contributed by atoms with E-state index in [1.807, 2.05) is 12.1 Å². The largest absolute Gasteiger partial charge is 0.469 e. The lowest BCUT2D eigenvalue weighted by Gasteiger charge is -2.25. The number of hydrogen-bond acceptors (Lipinski definition) is 3. The van der Waals surface area contributed by atoms with Crippen LogP contribution < -0.4 is 5.32 Å². The number of aryl methyl sites for hydroxylation is 1. The Balaban J connectivity index is 2.42. The highest BCUT2D eigenvalue weighted by Gasteiger charge is 2.27. The molecule has 0 spiro atoms. The second-order valence-electron chi connectivity index (χ2n) is 3.85. The summed E-state index contributed by atoms with van der Waals surface area (Å²) in [5, 5.41) is 3.25. The fourth-order valence-corrected chi connectivity index (χ4v) is 2.10. The molecule has 0 aromatic heterocycles. The van der Waals surface area contributed by atoms with Crippen LogP contribution in [-0.4, -0.2) is 19.6 Å². The SMILES string of the molecule is COC(=O)C1CNCc2c(C)cccc21. The molecular formula is C12H15NO2. The molecule has 0 fully saturated rings. The van der Waals surface area contributed by atoms with Crippen molar-refractivity contribution in [1.29, 1.82) is 0 Å². The minimum atomic E-state index is -0.158. The highest BCUT2D eigenvalue weighted by atomic mass is 16.5. The van der Waals surface area contributed by atoms with Gasteiger partial charge < -0.3 is 10.1 Å². The van der Waals surface area contributed by atoms with Gasteiger partial charge in [-0.1, -0.05) is 18.2 Å². The molecule has 0 aliphatic carbocycles. The molecule has 1 aliphatic heterocycles. The van der Waals surface area contributed by atoms with Crippen molar-refractivity contribution in [1.82, 2.24) is 5.32 Å². The zero-order chi connectivity index (χ0) is 10.8. The normalized spacial score (nSPS) is 19.5. The monoisotopic (exact) mass is 205 g/mol. The Morgan fingerprint density at radius 2 is 2.33 bits per heavy atom. The summed E-state index contributed by atoms with van der Waals surface area (Å²) >= 11 is 0. The van der Waals surface area contributed by atoms with Gasteiger partial charge in [0.2, 0.25) is 0 Å². The first-order valence-electron chi connectivity index (χ1n) is 5.11. The van der Waals surface area contributed by atoms with Crippen molar-refractivity contribution in [2.75, 3.05) is 13.7 Å². The smallest absolute Gasteiger partial charge is 0.314 e. The molecule has 0 radical (unpaired) electrons. The van der Waals surface area contributed by atoms with Crippen LogP contribution in [0, 0.1) is 6.92 Å². The summed E-state index contributed by atoms with van der Waals surface area (Å²) in [6, 6.07) is 6.08. The van der Waals surface area contributed by atoms with Crippen molar-refractivity contribution in [2.24, 2.45) is 0 Å². The third kappa shape index (κ3) is 1.75. The van der Waals surface area contributed by atoms with Gasteiger partial charge >= 0.3 is 5.97 Å². The van der Waals surface area contributed by atoms with Crippen LogP contribution in [0.25, 0.3) is 0 Å². The maximum absolute atomic E-state index is 11.6. The standard InChI is InChI=1S/C12H15NO2/c1-8-4-3-5-9-10(8)6-13-7-11(9)12(14)15-2/h3-5,11,13H,6-7H2,1-2H3. The van der Waals surface area contributed by atoms with Gasteiger partial charge in [-0.25, -0.2) is 0 Å². The lowest BCUT2D eigenvalue weighted by atomic mass is 9.88. The molecular weight excluding hydrogens is 190 g/mol. The molecule has 15 heavy (non-hydrogen) atoms. The average molecular weight is 205 g/mol. The van der Waals surface area contributed by atoms with E-state index in [9.17, 15) is 4.79 Å². The maximum Gasteiger partial charge on any atom is 0.314 e. The number of carbonyl (C=O) groups is 1. The number of benzene rings is 1. The molecule has 1 unspecified atom stereocenters. The summed E-state index contributed by atoms with van der Waals surface area (Å²) < 4.78 is 4.81. The van der Waals surface area contributed by atoms with Crippen molar-refractivity contribution in [2.45, 2.75) is 19.4 Å². The van der Waals surface area contributed by atoms with Gasteiger partial charge in [-0.3, -0.25) is 4.79 Å². The predicted octanol–water partition coefficient (Wildman–Crippen LogP) is 1.35. The fourth-order valence-electron chi connectivity index (χ4n) is 2.10. The van der Waals surface area contributed by atoms with Crippen LogP contribution in [0.1, 0.15) is 22.6 Å². The number of methoxy groups -OCH3 is 1. The zero-order valence-corrected chi connectivity index (χ0v) is 9.04. The van der Waals surface area contributed by atoms with Crippen LogP contribution >= 0.6 is 0 Å². The molecule has 0 amide bonds. The Bertz CT molecular complexity index is 387. The van der Waals surface area contributed by atoms with Gasteiger partial charge in [-0.15, -0.1) is 0 Å². The summed E-state index contributed by atoms with van der Waals surface area (Å²) in [6.07, 6.45) is 0. The van der Waals surface area contributed by atoms with Gasteiger partial charge in [0.25, 0.3) is 0 Å². The molecule has 3 heteroatoms. The topological polar surface area (TPSA) is 38.3 Å². The third-order valence-electron chi connectivity index (χ3n) is 2.96. The lowest BCUT2D eigenvalue weighted by Crippen LogP contribution is -2.33. The van der Waals surface area contributed by atoms with Gasteiger partial charge in [0, 0.05) is 13.1 Å². The van der Waals surface area contributed by atoms with Crippen LogP contribution in [0.5, 0.6) is 0 Å². The van der Waals surface area contributed by atoms with Gasteiger partial charge in [0.1, 0.15) is 0 Å². The summed E-state index contributed by atoms with van der Waals surface area (Å²) in [5.74, 6) is -0.312. The first-order valence-corrected chi connectivity index (χ1v) is 5.11. The van der Waals surface area contributed by atoms with Crippen molar-refractivity contribution in [3.8, 4) is 0 Å². The van der Waals surface area contributed by atoms with E-state index in [1.165, 1.54) is 18.2 Å². The highest BCUT2D eigenvalue weighted by Crippen LogP contribution is 2.26. The van der Waals surface area contributed by atoms with Crippen molar-refractivity contribution in [3.05, 3.63) is 34.9 Å². The Hall–Kier alpha value is -1.35. The molecule has 1 aromatic rings. The molecule has 1 atom stereocenters. The van der Waals surface area contributed by atoms with Crippen molar-refractivity contribution in [3.63, 3.8) is 0 Å². The number of ether oxygens (including phenoxy) is 1. The van der Waals surface area contributed by atoms with E-state index in [0.29, 0.717) is 6.54 Å². The number of rotatable bonds is 1. The highest BCUT2D eigenvalue weighted by molar-refractivity contribution is 5.79. The van der Waals surface area contributed by atoms with E-state index in [1.54, 1.807) is 0 Å². The minimum absolute atomic E-state index is 0.154. The van der Waals surface area contributed by atoms with E-state index >= 15 is 0 Å². The molecule has 1 aromatic carbocycles. The molecule has 2 rings (SSSR count). The number of carbonyl (C=O) groups excluding carboxylic acids is 1. The summed E-state index contributed by atoms with van der Waals surface area (Å²) in [5.41, 5.74) is 3.58. The molecule has 1 heterocycles. The number of fused-ring (bicyclic) bond motifs is 1. The Morgan fingerprint density at radius 1 is 1.53 bits per heavy atom. The number of nitrogens with one attached hydrogen (secondary N) is 1. The first-order chi connectivity index (χ1) is 7.24. The van der Waals surface area contributed by atoms with Crippen molar-refractivity contribution < 1.29 is 9.53 Å². The molecule has 1 N–H and O–H groups in total. The van der Waals surface area contributed by atoms with Gasteiger partial charge in [0.15, 0.2) is 0 Å². The van der Waals surface area contributed by atoms with Crippen molar-refractivity contribution >= 4 is 5.97 Å². The Kier molecular flexibility index (Phi) is 2.73. The number of hydrogen-bond donors (Lipinski definition) is 1. The fraction of sp³-hybridized carbons (Fsp3) is 0.417. The lowest BCUT2D eigenvalue weighted by molar-refractivity contribution is -0.142. The summed E-state index contributed by atoms with van der Waals surface area (Å²) in [6.45, 7) is 3.58. The van der Waals surface area contributed by atoms with E-state index in [-0.39, 0.29) is 11.9 Å². The van der Waals surface area contributed by atoms with Crippen LogP contribution in [0.2, 0.25) is 0 Å². The molecule has 3 nitrogen and oxygen atoms in total. The van der Waals surface area contributed by atoms with E-state index in [2.05, 4.69) is 18.3 Å². The maximum atomic E-state index is 11.6.